The van der Waals surface area contributed by atoms with Crippen molar-refractivity contribution in [1.29, 1.82) is 0 Å². The van der Waals surface area contributed by atoms with Crippen LogP contribution in [0.4, 0.5) is 5.82 Å². The number of nitrogens with one attached hydrogen (secondary N) is 1. The van der Waals surface area contributed by atoms with Crippen molar-refractivity contribution in [1.82, 2.24) is 4.98 Å². The molecule has 0 spiro atoms. The number of esters is 1. The van der Waals surface area contributed by atoms with E-state index in [2.05, 4.69) is 10.3 Å². The van der Waals surface area contributed by atoms with Gasteiger partial charge in [-0.2, -0.15) is 0 Å². The molecule has 4 nitrogen and oxygen atoms in total. The van der Waals surface area contributed by atoms with Crippen molar-refractivity contribution >= 4 is 11.8 Å². The van der Waals surface area contributed by atoms with E-state index in [-0.39, 0.29) is 12.0 Å². The lowest BCUT2D eigenvalue weighted by Crippen LogP contribution is -2.13. The van der Waals surface area contributed by atoms with Gasteiger partial charge < -0.3 is 10.1 Å². The van der Waals surface area contributed by atoms with Gasteiger partial charge in [-0.3, -0.25) is 0 Å². The number of nitrogens with zero attached hydrogens (tertiary/aromatic N) is 1. The van der Waals surface area contributed by atoms with E-state index in [4.69, 9.17) is 4.74 Å². The van der Waals surface area contributed by atoms with E-state index in [1.165, 1.54) is 0 Å². The van der Waals surface area contributed by atoms with Crippen molar-refractivity contribution in [3.63, 3.8) is 0 Å². The lowest BCUT2D eigenvalue weighted by Gasteiger charge is -2.09. The number of pyridine rings is 1. The Morgan fingerprint density at radius 1 is 1.50 bits per heavy atom. The van der Waals surface area contributed by atoms with Gasteiger partial charge in [0.15, 0.2) is 5.69 Å². The van der Waals surface area contributed by atoms with Crippen LogP contribution in [-0.2, 0) is 4.74 Å². The summed E-state index contributed by atoms with van der Waals surface area (Å²) in [5, 5.41) is 3.14. The van der Waals surface area contributed by atoms with Crippen molar-refractivity contribution in [3.8, 4) is 0 Å². The Balaban J connectivity index is 2.69. The molecule has 0 amide bonds. The maximum atomic E-state index is 11.5. The van der Waals surface area contributed by atoms with Crippen LogP contribution >= 0.6 is 0 Å². The molecule has 4 heteroatoms. The van der Waals surface area contributed by atoms with Crippen LogP contribution in [0.25, 0.3) is 0 Å². The van der Waals surface area contributed by atoms with Crippen molar-refractivity contribution in [2.24, 2.45) is 0 Å². The summed E-state index contributed by atoms with van der Waals surface area (Å²) in [6.07, 6.45) is 0.815. The molecule has 1 N–H and O–H groups in total. The molecule has 0 unspecified atom stereocenters. The third-order valence-electron chi connectivity index (χ3n) is 1.83. The van der Waals surface area contributed by atoms with Gasteiger partial charge in [0, 0.05) is 6.04 Å². The Bertz CT molecular complexity index is 351. The molecule has 88 valence electrons. The summed E-state index contributed by atoms with van der Waals surface area (Å²) in [6.45, 7) is 6.42. The van der Waals surface area contributed by atoms with Gasteiger partial charge in [0.25, 0.3) is 0 Å². The molecule has 0 saturated heterocycles. The molecular weight excluding hydrogens is 204 g/mol. The fourth-order valence-corrected chi connectivity index (χ4v) is 1.19. The van der Waals surface area contributed by atoms with Crippen LogP contribution in [0.2, 0.25) is 0 Å². The maximum Gasteiger partial charge on any atom is 0.357 e. The first-order valence-corrected chi connectivity index (χ1v) is 5.54. The molecule has 1 aromatic rings. The fraction of sp³-hybridized carbons (Fsp3) is 0.500. The van der Waals surface area contributed by atoms with Crippen LogP contribution in [0.15, 0.2) is 18.2 Å². The number of hydrogen-bond donors (Lipinski definition) is 1. The fourth-order valence-electron chi connectivity index (χ4n) is 1.19. The van der Waals surface area contributed by atoms with E-state index in [1.54, 1.807) is 12.1 Å². The van der Waals surface area contributed by atoms with Gasteiger partial charge in [0.1, 0.15) is 5.82 Å². The maximum absolute atomic E-state index is 11.5. The number of hydrogen-bond acceptors (Lipinski definition) is 4. The van der Waals surface area contributed by atoms with Gasteiger partial charge in [-0.1, -0.05) is 13.0 Å². The second kappa shape index (κ2) is 6.10. The topological polar surface area (TPSA) is 51.2 Å². The summed E-state index contributed by atoms with van der Waals surface area (Å²) in [7, 11) is 0. The first-order chi connectivity index (χ1) is 7.63. The van der Waals surface area contributed by atoms with Crippen molar-refractivity contribution < 1.29 is 9.53 Å². The molecule has 1 heterocycles. The Kier molecular flexibility index (Phi) is 4.76. The molecule has 1 rings (SSSR count). The highest BCUT2D eigenvalue weighted by molar-refractivity contribution is 5.87. The molecule has 0 saturated carbocycles. The highest BCUT2D eigenvalue weighted by Gasteiger charge is 2.09. The molecule has 0 fully saturated rings. The molecule has 0 aliphatic rings. The zero-order valence-corrected chi connectivity index (χ0v) is 9.99. The van der Waals surface area contributed by atoms with Gasteiger partial charge in [0.2, 0.25) is 0 Å². The number of rotatable bonds is 5. The first-order valence-electron chi connectivity index (χ1n) is 5.54. The molecular formula is C12H18N2O2. The Labute approximate surface area is 96.0 Å². The molecule has 1 aromatic heterocycles. The normalized spacial score (nSPS) is 10.2. The quantitative estimate of drug-likeness (QED) is 0.777. The molecule has 0 bridgehead atoms. The van der Waals surface area contributed by atoms with Crippen molar-refractivity contribution in [2.45, 2.75) is 33.2 Å². The molecule has 0 aromatic carbocycles. The van der Waals surface area contributed by atoms with Gasteiger partial charge in [0.05, 0.1) is 6.61 Å². The van der Waals surface area contributed by atoms with E-state index >= 15 is 0 Å². The lowest BCUT2D eigenvalue weighted by molar-refractivity contribution is 0.0498. The summed E-state index contributed by atoms with van der Waals surface area (Å²) in [6, 6.07) is 5.56. The summed E-state index contributed by atoms with van der Waals surface area (Å²) in [4.78, 5) is 15.7. The second-order valence-corrected chi connectivity index (χ2v) is 3.84. The second-order valence-electron chi connectivity index (χ2n) is 3.84. The Morgan fingerprint density at radius 2 is 2.25 bits per heavy atom. The third-order valence-corrected chi connectivity index (χ3v) is 1.83. The lowest BCUT2D eigenvalue weighted by atomic mass is 10.3. The highest BCUT2D eigenvalue weighted by Crippen LogP contribution is 2.07. The number of carbonyl (C=O) groups is 1. The van der Waals surface area contributed by atoms with Crippen LogP contribution in [0.5, 0.6) is 0 Å². The summed E-state index contributed by atoms with van der Waals surface area (Å²) in [5.74, 6) is 0.329. The standard InChI is InChI=1S/C12H18N2O2/c1-4-8-16-12(15)10-6-5-7-11(14-10)13-9(2)3/h5-7,9H,4,8H2,1-3H3,(H,13,14). The van der Waals surface area contributed by atoms with Crippen LogP contribution in [-0.4, -0.2) is 23.6 Å². The van der Waals surface area contributed by atoms with Crippen molar-refractivity contribution in [2.75, 3.05) is 11.9 Å². The van der Waals surface area contributed by atoms with Crippen molar-refractivity contribution in [3.05, 3.63) is 23.9 Å². The molecule has 0 aliphatic carbocycles. The van der Waals surface area contributed by atoms with Crippen LogP contribution in [0, 0.1) is 0 Å². The first kappa shape index (κ1) is 12.5. The van der Waals surface area contributed by atoms with Gasteiger partial charge in [-0.15, -0.1) is 0 Å². The minimum Gasteiger partial charge on any atom is -0.461 e. The van der Waals surface area contributed by atoms with Crippen LogP contribution in [0.3, 0.4) is 0 Å². The van der Waals surface area contributed by atoms with E-state index < -0.39 is 0 Å². The largest absolute Gasteiger partial charge is 0.461 e. The average molecular weight is 222 g/mol. The zero-order valence-electron chi connectivity index (χ0n) is 9.99. The van der Waals surface area contributed by atoms with E-state index in [0.717, 1.165) is 6.42 Å². The third kappa shape index (κ3) is 3.88. The van der Waals surface area contributed by atoms with Gasteiger partial charge in [-0.25, -0.2) is 9.78 Å². The minimum atomic E-state index is -0.366. The molecule has 16 heavy (non-hydrogen) atoms. The number of carbonyl (C=O) groups excluding carboxylic acids is 1. The summed E-state index contributed by atoms with van der Waals surface area (Å²) in [5.41, 5.74) is 0.346. The monoisotopic (exact) mass is 222 g/mol. The Hall–Kier alpha value is -1.58. The van der Waals surface area contributed by atoms with Gasteiger partial charge in [-0.05, 0) is 32.4 Å². The number of anilines is 1. The number of ether oxygens (including phenoxy) is 1. The predicted octanol–water partition coefficient (Wildman–Crippen LogP) is 2.47. The SMILES string of the molecule is CCCOC(=O)c1cccc(NC(C)C)n1. The Morgan fingerprint density at radius 3 is 2.88 bits per heavy atom. The van der Waals surface area contributed by atoms with E-state index in [0.29, 0.717) is 18.1 Å². The van der Waals surface area contributed by atoms with E-state index in [9.17, 15) is 4.79 Å². The predicted molar refractivity (Wildman–Crippen MR) is 63.6 cm³/mol. The minimum absolute atomic E-state index is 0.286. The zero-order chi connectivity index (χ0) is 12.0. The molecule has 0 aliphatic heterocycles. The van der Waals surface area contributed by atoms with Crippen LogP contribution < -0.4 is 5.32 Å². The molecule has 0 radical (unpaired) electrons. The van der Waals surface area contributed by atoms with E-state index in [1.807, 2.05) is 26.8 Å². The van der Waals surface area contributed by atoms with Gasteiger partial charge >= 0.3 is 5.97 Å². The average Bonchev–Trinajstić information content (AvgIpc) is 2.25. The highest BCUT2D eigenvalue weighted by atomic mass is 16.5. The summed E-state index contributed by atoms with van der Waals surface area (Å²) < 4.78 is 5.01. The molecule has 0 atom stereocenters. The smallest absolute Gasteiger partial charge is 0.357 e. The number of aromatic nitrogens is 1. The summed E-state index contributed by atoms with van der Waals surface area (Å²) >= 11 is 0. The van der Waals surface area contributed by atoms with Crippen LogP contribution in [0.1, 0.15) is 37.7 Å².